The highest BCUT2D eigenvalue weighted by Gasteiger charge is 2.02. The molecule has 4 heteroatoms. The Bertz CT molecular complexity index is 719. The Morgan fingerprint density at radius 2 is 1.76 bits per heavy atom. The van der Waals surface area contributed by atoms with E-state index in [1.165, 1.54) is 16.8 Å². The van der Waals surface area contributed by atoms with E-state index in [1.54, 1.807) is 6.07 Å². The Morgan fingerprint density at radius 1 is 0.941 bits per heavy atom. The number of aromatic nitrogens is 3. The molecule has 0 spiro atoms. The highest BCUT2D eigenvalue weighted by atomic mass is 16.1. The normalized spacial score (nSPS) is 10.6. The van der Waals surface area contributed by atoms with Crippen LogP contribution in [-0.4, -0.2) is 14.6 Å². The standard InChI is InChI=1S/C13H9N3O/c17-13-8-9-14-12-7-6-11(15-16(12)13)10-4-2-1-3-5-10/h1-9H. The molecule has 3 aromatic rings. The van der Waals surface area contributed by atoms with Crippen molar-refractivity contribution in [1.29, 1.82) is 0 Å². The van der Waals surface area contributed by atoms with Gasteiger partial charge in [-0.15, -0.1) is 0 Å². The average Bonchev–Trinajstić information content (AvgIpc) is 2.40. The fourth-order valence-corrected chi connectivity index (χ4v) is 1.69. The van der Waals surface area contributed by atoms with Gasteiger partial charge in [-0.2, -0.15) is 9.61 Å². The molecule has 0 unspecified atom stereocenters. The van der Waals surface area contributed by atoms with Gasteiger partial charge in [-0.3, -0.25) is 4.79 Å². The second kappa shape index (κ2) is 3.83. The van der Waals surface area contributed by atoms with E-state index in [2.05, 4.69) is 10.1 Å². The van der Waals surface area contributed by atoms with Crippen molar-refractivity contribution < 1.29 is 0 Å². The summed E-state index contributed by atoms with van der Waals surface area (Å²) >= 11 is 0. The van der Waals surface area contributed by atoms with Crippen molar-refractivity contribution in [2.75, 3.05) is 0 Å². The number of hydrogen-bond acceptors (Lipinski definition) is 3. The van der Waals surface area contributed by atoms with Crippen molar-refractivity contribution in [2.24, 2.45) is 0 Å². The largest absolute Gasteiger partial charge is 0.274 e. The van der Waals surface area contributed by atoms with Gasteiger partial charge < -0.3 is 0 Å². The van der Waals surface area contributed by atoms with Gasteiger partial charge in [-0.05, 0) is 12.1 Å². The Morgan fingerprint density at radius 3 is 2.59 bits per heavy atom. The first kappa shape index (κ1) is 9.72. The topological polar surface area (TPSA) is 47.3 Å². The molecule has 0 amide bonds. The maximum atomic E-state index is 11.6. The van der Waals surface area contributed by atoms with E-state index in [0.29, 0.717) is 5.65 Å². The first-order chi connectivity index (χ1) is 8.34. The van der Waals surface area contributed by atoms with Crippen molar-refractivity contribution >= 4 is 5.65 Å². The lowest BCUT2D eigenvalue weighted by Crippen LogP contribution is -2.16. The van der Waals surface area contributed by atoms with Crippen molar-refractivity contribution in [2.45, 2.75) is 0 Å². The molecule has 17 heavy (non-hydrogen) atoms. The number of hydrogen-bond donors (Lipinski definition) is 0. The lowest BCUT2D eigenvalue weighted by molar-refractivity contribution is 0.871. The zero-order valence-electron chi connectivity index (χ0n) is 8.95. The molecule has 0 saturated heterocycles. The minimum absolute atomic E-state index is 0.173. The maximum absolute atomic E-state index is 11.6. The van der Waals surface area contributed by atoms with Gasteiger partial charge >= 0.3 is 0 Å². The highest BCUT2D eigenvalue weighted by Crippen LogP contribution is 2.15. The summed E-state index contributed by atoms with van der Waals surface area (Å²) in [5, 5.41) is 4.29. The van der Waals surface area contributed by atoms with E-state index in [-0.39, 0.29) is 5.56 Å². The van der Waals surface area contributed by atoms with Crippen LogP contribution < -0.4 is 5.56 Å². The van der Waals surface area contributed by atoms with Gasteiger partial charge in [0.1, 0.15) is 0 Å². The zero-order chi connectivity index (χ0) is 11.7. The van der Waals surface area contributed by atoms with E-state index in [9.17, 15) is 4.79 Å². The van der Waals surface area contributed by atoms with E-state index < -0.39 is 0 Å². The SMILES string of the molecule is O=c1ccnc2ccc(-c3ccccc3)nn12. The van der Waals surface area contributed by atoms with Crippen molar-refractivity contribution in [3.63, 3.8) is 0 Å². The molecule has 82 valence electrons. The van der Waals surface area contributed by atoms with Crippen molar-refractivity contribution in [1.82, 2.24) is 14.6 Å². The average molecular weight is 223 g/mol. The van der Waals surface area contributed by atoms with Crippen molar-refractivity contribution in [3.05, 3.63) is 65.1 Å². The molecule has 3 rings (SSSR count). The number of benzene rings is 1. The summed E-state index contributed by atoms with van der Waals surface area (Å²) in [6.07, 6.45) is 1.49. The molecule has 0 N–H and O–H groups in total. The van der Waals surface area contributed by atoms with Crippen LogP contribution in [0.2, 0.25) is 0 Å². The van der Waals surface area contributed by atoms with E-state index in [4.69, 9.17) is 0 Å². The molecule has 0 aliphatic heterocycles. The smallest absolute Gasteiger partial charge is 0.267 e. The molecule has 0 atom stereocenters. The lowest BCUT2D eigenvalue weighted by Gasteiger charge is -2.02. The van der Waals surface area contributed by atoms with Crippen LogP contribution in [0.25, 0.3) is 16.9 Å². The molecule has 2 aromatic heterocycles. The van der Waals surface area contributed by atoms with Crippen LogP contribution in [0.3, 0.4) is 0 Å². The van der Waals surface area contributed by atoms with E-state index in [0.717, 1.165) is 11.3 Å². The van der Waals surface area contributed by atoms with Crippen LogP contribution >= 0.6 is 0 Å². The second-order valence-corrected chi connectivity index (χ2v) is 3.64. The van der Waals surface area contributed by atoms with Crippen LogP contribution in [0.5, 0.6) is 0 Å². The molecular weight excluding hydrogens is 214 g/mol. The van der Waals surface area contributed by atoms with Crippen LogP contribution in [-0.2, 0) is 0 Å². The third kappa shape index (κ3) is 1.69. The minimum Gasteiger partial charge on any atom is -0.267 e. The van der Waals surface area contributed by atoms with Crippen LogP contribution in [0.4, 0.5) is 0 Å². The molecule has 0 saturated carbocycles. The third-order valence-electron chi connectivity index (χ3n) is 2.52. The molecule has 0 fully saturated rings. The Hall–Kier alpha value is -2.49. The minimum atomic E-state index is -0.173. The van der Waals surface area contributed by atoms with Gasteiger partial charge in [0.2, 0.25) is 0 Å². The van der Waals surface area contributed by atoms with Gasteiger partial charge in [-0.1, -0.05) is 30.3 Å². The first-order valence-electron chi connectivity index (χ1n) is 5.25. The molecule has 0 aliphatic carbocycles. The predicted molar refractivity (Wildman–Crippen MR) is 64.7 cm³/mol. The fraction of sp³-hybridized carbons (Fsp3) is 0. The van der Waals surface area contributed by atoms with Gasteiger partial charge in [0.15, 0.2) is 5.65 Å². The van der Waals surface area contributed by atoms with Gasteiger partial charge in [0.25, 0.3) is 5.56 Å². The first-order valence-corrected chi connectivity index (χ1v) is 5.25. The van der Waals surface area contributed by atoms with Crippen molar-refractivity contribution in [3.8, 4) is 11.3 Å². The van der Waals surface area contributed by atoms with Gasteiger partial charge in [-0.25, -0.2) is 4.98 Å². The lowest BCUT2D eigenvalue weighted by atomic mass is 10.1. The van der Waals surface area contributed by atoms with E-state index >= 15 is 0 Å². The molecule has 0 aliphatic rings. The van der Waals surface area contributed by atoms with Crippen LogP contribution in [0.1, 0.15) is 0 Å². The summed E-state index contributed by atoms with van der Waals surface area (Å²) in [6, 6.07) is 14.8. The molecule has 0 radical (unpaired) electrons. The number of nitrogens with zero attached hydrogens (tertiary/aromatic N) is 3. The van der Waals surface area contributed by atoms with Crippen LogP contribution in [0.15, 0.2) is 59.5 Å². The highest BCUT2D eigenvalue weighted by molar-refractivity contribution is 5.59. The quantitative estimate of drug-likeness (QED) is 0.631. The number of fused-ring (bicyclic) bond motifs is 1. The second-order valence-electron chi connectivity index (χ2n) is 3.64. The van der Waals surface area contributed by atoms with Crippen LogP contribution in [0, 0.1) is 0 Å². The molecule has 4 nitrogen and oxygen atoms in total. The summed E-state index contributed by atoms with van der Waals surface area (Å²) in [5.74, 6) is 0. The summed E-state index contributed by atoms with van der Waals surface area (Å²) in [5.41, 5.74) is 2.11. The maximum Gasteiger partial charge on any atom is 0.274 e. The molecular formula is C13H9N3O. The molecule has 2 heterocycles. The zero-order valence-corrected chi connectivity index (χ0v) is 8.95. The third-order valence-corrected chi connectivity index (χ3v) is 2.52. The fourth-order valence-electron chi connectivity index (χ4n) is 1.69. The summed E-state index contributed by atoms with van der Waals surface area (Å²) in [4.78, 5) is 15.7. The van der Waals surface area contributed by atoms with Gasteiger partial charge in [0.05, 0.1) is 5.69 Å². The molecule has 1 aromatic carbocycles. The van der Waals surface area contributed by atoms with Gasteiger partial charge in [0, 0.05) is 17.8 Å². The number of rotatable bonds is 1. The monoisotopic (exact) mass is 223 g/mol. The Labute approximate surface area is 97.2 Å². The summed E-state index contributed by atoms with van der Waals surface area (Å²) < 4.78 is 1.31. The predicted octanol–water partition coefficient (Wildman–Crippen LogP) is 1.76. The Balaban J connectivity index is 2.27. The van der Waals surface area contributed by atoms with E-state index in [1.807, 2.05) is 36.4 Å². The Kier molecular flexibility index (Phi) is 2.19. The summed E-state index contributed by atoms with van der Waals surface area (Å²) in [6.45, 7) is 0. The summed E-state index contributed by atoms with van der Waals surface area (Å²) in [7, 11) is 0. The molecule has 0 bridgehead atoms.